The molecule has 1 atom stereocenters. The highest BCUT2D eigenvalue weighted by molar-refractivity contribution is 6.31. The first-order valence-electron chi connectivity index (χ1n) is 12.2. The molecule has 3 rings (SSSR count). The summed E-state index contributed by atoms with van der Waals surface area (Å²) >= 11 is 6.18. The zero-order valence-electron chi connectivity index (χ0n) is 21.0. The molecule has 0 radical (unpaired) electrons. The fourth-order valence-electron chi connectivity index (χ4n) is 4.27. The minimum Gasteiger partial charge on any atom is -0.365 e. The predicted molar refractivity (Wildman–Crippen MR) is 136 cm³/mol. The lowest BCUT2D eigenvalue weighted by atomic mass is 10.1. The van der Waals surface area contributed by atoms with Crippen LogP contribution in [0.5, 0.6) is 0 Å². The average Bonchev–Trinajstić information content (AvgIpc) is 2.87. The van der Waals surface area contributed by atoms with Crippen molar-refractivity contribution in [3.8, 4) is 6.07 Å². The molecule has 1 fully saturated rings. The van der Waals surface area contributed by atoms with Crippen molar-refractivity contribution < 1.29 is 31.5 Å². The van der Waals surface area contributed by atoms with E-state index in [-0.39, 0.29) is 43.2 Å². The summed E-state index contributed by atoms with van der Waals surface area (Å²) in [5.41, 5.74) is 0.0433. The van der Waals surface area contributed by atoms with Crippen molar-refractivity contribution in [2.45, 2.75) is 44.9 Å². The molecule has 2 N–H and O–H groups in total. The van der Waals surface area contributed by atoms with Crippen LogP contribution in [0.4, 0.5) is 33.3 Å². The summed E-state index contributed by atoms with van der Waals surface area (Å²) in [5.74, 6) is -4.10. The Balaban J connectivity index is 1.73. The second-order valence-electron chi connectivity index (χ2n) is 9.16. The number of carbonyl (C=O) groups excluding carboxylic acids is 2. The molecular formula is C26H27ClF5N5O2. The van der Waals surface area contributed by atoms with Crippen LogP contribution in [-0.4, -0.2) is 55.1 Å². The van der Waals surface area contributed by atoms with Crippen molar-refractivity contribution in [1.82, 2.24) is 10.2 Å². The maximum Gasteiger partial charge on any atom is 0.390 e. The van der Waals surface area contributed by atoms with Gasteiger partial charge < -0.3 is 15.5 Å². The molecule has 0 aliphatic carbocycles. The van der Waals surface area contributed by atoms with Crippen LogP contribution in [0.1, 0.15) is 42.1 Å². The Morgan fingerprint density at radius 3 is 2.56 bits per heavy atom. The Morgan fingerprint density at radius 2 is 1.90 bits per heavy atom. The van der Waals surface area contributed by atoms with Crippen molar-refractivity contribution in [3.05, 3.63) is 58.1 Å². The molecular weight excluding hydrogens is 545 g/mol. The molecule has 2 aromatic rings. The zero-order chi connectivity index (χ0) is 28.7. The van der Waals surface area contributed by atoms with E-state index in [0.717, 1.165) is 6.07 Å². The fourth-order valence-corrected chi connectivity index (χ4v) is 4.44. The van der Waals surface area contributed by atoms with Crippen molar-refractivity contribution in [2.24, 2.45) is 0 Å². The Kier molecular flexibility index (Phi) is 10.1. The van der Waals surface area contributed by atoms with Crippen molar-refractivity contribution >= 4 is 34.8 Å². The maximum atomic E-state index is 14.8. The molecule has 0 saturated carbocycles. The SMILES string of the molecule is C[C@@H]1CN(CCC(F)(F)F)CCN1c1cc(Cl)ccc1NC(=O)c1ccc(CNC(=O)CCC#N)c(F)c1F. The molecule has 0 spiro atoms. The summed E-state index contributed by atoms with van der Waals surface area (Å²) in [5, 5.41) is 13.8. The van der Waals surface area contributed by atoms with Crippen LogP contribution in [0.2, 0.25) is 5.02 Å². The van der Waals surface area contributed by atoms with Crippen LogP contribution in [0.15, 0.2) is 30.3 Å². The van der Waals surface area contributed by atoms with E-state index < -0.39 is 41.6 Å². The number of hydrogen-bond donors (Lipinski definition) is 2. The summed E-state index contributed by atoms with van der Waals surface area (Å²) in [4.78, 5) is 28.2. The molecule has 7 nitrogen and oxygen atoms in total. The lowest BCUT2D eigenvalue weighted by molar-refractivity contribution is -0.138. The van der Waals surface area contributed by atoms with E-state index in [4.69, 9.17) is 16.9 Å². The molecule has 1 aliphatic rings. The number of nitrogens with zero attached hydrogens (tertiary/aromatic N) is 3. The largest absolute Gasteiger partial charge is 0.390 e. The number of hydrogen-bond acceptors (Lipinski definition) is 5. The van der Waals surface area contributed by atoms with Crippen LogP contribution < -0.4 is 15.5 Å². The van der Waals surface area contributed by atoms with E-state index in [1.807, 2.05) is 17.9 Å². The Morgan fingerprint density at radius 1 is 1.15 bits per heavy atom. The molecule has 0 unspecified atom stereocenters. The van der Waals surface area contributed by atoms with Gasteiger partial charge >= 0.3 is 6.18 Å². The van der Waals surface area contributed by atoms with Gasteiger partial charge in [0.05, 0.1) is 29.4 Å². The van der Waals surface area contributed by atoms with E-state index in [2.05, 4.69) is 10.6 Å². The van der Waals surface area contributed by atoms with Gasteiger partial charge in [0.15, 0.2) is 11.6 Å². The highest BCUT2D eigenvalue weighted by Gasteiger charge is 2.31. The van der Waals surface area contributed by atoms with Crippen LogP contribution in [0.25, 0.3) is 0 Å². The van der Waals surface area contributed by atoms with Gasteiger partial charge in [-0.15, -0.1) is 0 Å². The topological polar surface area (TPSA) is 88.5 Å². The molecule has 1 aliphatic heterocycles. The minimum absolute atomic E-state index is 0.0129. The van der Waals surface area contributed by atoms with E-state index >= 15 is 0 Å². The van der Waals surface area contributed by atoms with Crippen LogP contribution in [0, 0.1) is 23.0 Å². The molecule has 39 heavy (non-hydrogen) atoms. The highest BCUT2D eigenvalue weighted by atomic mass is 35.5. The number of anilines is 2. The summed E-state index contributed by atoms with van der Waals surface area (Å²) in [7, 11) is 0. The maximum absolute atomic E-state index is 14.8. The van der Waals surface area contributed by atoms with Crippen molar-refractivity contribution in [2.75, 3.05) is 36.4 Å². The molecule has 2 amide bonds. The molecule has 13 heteroatoms. The number of rotatable bonds is 9. The van der Waals surface area contributed by atoms with Gasteiger partial charge in [0.25, 0.3) is 5.91 Å². The average molecular weight is 572 g/mol. The summed E-state index contributed by atoms with van der Waals surface area (Å²) in [6, 6.07) is 8.49. The number of benzene rings is 2. The number of alkyl halides is 3. The molecule has 0 aromatic heterocycles. The lowest BCUT2D eigenvalue weighted by Crippen LogP contribution is -2.52. The molecule has 2 aromatic carbocycles. The highest BCUT2D eigenvalue weighted by Crippen LogP contribution is 2.33. The number of amides is 2. The summed E-state index contributed by atoms with van der Waals surface area (Å²) in [6.07, 6.45) is -5.25. The third-order valence-corrected chi connectivity index (χ3v) is 6.52. The monoisotopic (exact) mass is 571 g/mol. The Bertz CT molecular complexity index is 1250. The van der Waals surface area contributed by atoms with Crippen LogP contribution >= 0.6 is 11.6 Å². The third-order valence-electron chi connectivity index (χ3n) is 6.29. The minimum atomic E-state index is -4.25. The lowest BCUT2D eigenvalue weighted by Gasteiger charge is -2.42. The number of nitrogens with one attached hydrogen (secondary N) is 2. The standard InChI is InChI=1S/C26H27ClF5N5O2/c1-16-15-36(10-8-26(30,31)32)11-12-37(16)21-13-18(27)5-7-20(21)35-25(39)19-6-4-17(23(28)24(19)29)14-34-22(38)3-2-9-33/h4-7,13,16H,2-3,8,10-12,14-15H2,1H3,(H,34,38)(H,35,39)/t16-/m1/s1. The van der Waals surface area contributed by atoms with Gasteiger partial charge in [-0.25, -0.2) is 8.78 Å². The summed E-state index contributed by atoms with van der Waals surface area (Å²) < 4.78 is 67.3. The van der Waals surface area contributed by atoms with Gasteiger partial charge in [-0.2, -0.15) is 18.4 Å². The smallest absolute Gasteiger partial charge is 0.365 e. The third kappa shape index (κ3) is 8.28. The summed E-state index contributed by atoms with van der Waals surface area (Å²) in [6.45, 7) is 2.46. The van der Waals surface area contributed by atoms with E-state index in [1.165, 1.54) is 18.2 Å². The van der Waals surface area contributed by atoms with Crippen LogP contribution in [0.3, 0.4) is 0 Å². The molecule has 1 heterocycles. The van der Waals surface area contributed by atoms with Gasteiger partial charge in [0.2, 0.25) is 5.91 Å². The molecule has 0 bridgehead atoms. The fraction of sp³-hybridized carbons (Fsp3) is 0.423. The molecule has 1 saturated heterocycles. The Hall–Kier alpha value is -3.43. The van der Waals surface area contributed by atoms with Crippen LogP contribution in [-0.2, 0) is 11.3 Å². The predicted octanol–water partition coefficient (Wildman–Crippen LogP) is 5.25. The van der Waals surface area contributed by atoms with Gasteiger partial charge in [-0.1, -0.05) is 17.7 Å². The normalized spacial score (nSPS) is 16.1. The van der Waals surface area contributed by atoms with E-state index in [9.17, 15) is 31.5 Å². The first-order valence-corrected chi connectivity index (χ1v) is 12.5. The van der Waals surface area contributed by atoms with Gasteiger partial charge in [-0.05, 0) is 31.2 Å². The second-order valence-corrected chi connectivity index (χ2v) is 9.60. The van der Waals surface area contributed by atoms with Crippen molar-refractivity contribution in [1.29, 1.82) is 5.26 Å². The quantitative estimate of drug-likeness (QED) is 0.401. The van der Waals surface area contributed by atoms with Crippen molar-refractivity contribution in [3.63, 3.8) is 0 Å². The van der Waals surface area contributed by atoms with Gasteiger partial charge in [0, 0.05) is 62.2 Å². The second kappa shape index (κ2) is 13.1. The van der Waals surface area contributed by atoms with E-state index in [1.54, 1.807) is 11.0 Å². The molecule has 210 valence electrons. The zero-order valence-corrected chi connectivity index (χ0v) is 21.8. The van der Waals surface area contributed by atoms with E-state index in [0.29, 0.717) is 30.3 Å². The number of halogens is 6. The van der Waals surface area contributed by atoms with Gasteiger partial charge in [0.1, 0.15) is 0 Å². The Labute approximate surface area is 227 Å². The first kappa shape index (κ1) is 30.1. The number of nitriles is 1. The number of piperazine rings is 1. The number of carbonyl (C=O) groups is 2. The van der Waals surface area contributed by atoms with Gasteiger partial charge in [-0.3, -0.25) is 14.5 Å². The first-order chi connectivity index (χ1) is 18.4.